The van der Waals surface area contributed by atoms with E-state index in [2.05, 4.69) is 0 Å². The zero-order valence-electron chi connectivity index (χ0n) is 11.4. The van der Waals surface area contributed by atoms with E-state index in [0.717, 1.165) is 12.8 Å². The minimum absolute atomic E-state index is 0.261. The Labute approximate surface area is 113 Å². The zero-order chi connectivity index (χ0) is 14.1. The molecule has 0 aromatic heterocycles. The molecule has 0 aliphatic carbocycles. The fourth-order valence-corrected chi connectivity index (χ4v) is 1.56. The molecule has 0 amide bonds. The van der Waals surface area contributed by atoms with Crippen LogP contribution in [-0.4, -0.2) is 25.2 Å². The molecular formula is C15H20O4. The first-order chi connectivity index (χ1) is 9.09. The first-order valence-corrected chi connectivity index (χ1v) is 6.45. The van der Waals surface area contributed by atoms with Crippen molar-refractivity contribution in [3.05, 3.63) is 35.9 Å². The molecule has 0 N–H and O–H groups in total. The molecule has 4 heteroatoms. The van der Waals surface area contributed by atoms with E-state index in [0.29, 0.717) is 24.7 Å². The van der Waals surface area contributed by atoms with Crippen LogP contribution in [-0.2, 0) is 14.3 Å². The molecule has 1 rings (SSSR count). The molecule has 1 aromatic carbocycles. The van der Waals surface area contributed by atoms with E-state index in [9.17, 15) is 9.59 Å². The molecule has 1 unspecified atom stereocenters. The standard InChI is InChI=1S/C15H20O4/c1-12(8-10-18-13(2)16)9-11-19-15(17)14-6-4-3-5-7-14/h3-7,12H,8-11H2,1-2H3. The fraction of sp³-hybridized carbons (Fsp3) is 0.467. The molecule has 0 bridgehead atoms. The van der Waals surface area contributed by atoms with E-state index in [1.807, 2.05) is 13.0 Å². The lowest BCUT2D eigenvalue weighted by Gasteiger charge is -2.11. The maximum atomic E-state index is 11.6. The highest BCUT2D eigenvalue weighted by Gasteiger charge is 2.08. The molecule has 0 saturated heterocycles. The van der Waals surface area contributed by atoms with Crippen LogP contribution in [0.15, 0.2) is 30.3 Å². The van der Waals surface area contributed by atoms with Crippen LogP contribution in [0.5, 0.6) is 0 Å². The maximum absolute atomic E-state index is 11.6. The van der Waals surface area contributed by atoms with Crippen LogP contribution < -0.4 is 0 Å². The maximum Gasteiger partial charge on any atom is 0.338 e. The van der Waals surface area contributed by atoms with Gasteiger partial charge in [0.15, 0.2) is 0 Å². The summed E-state index contributed by atoms with van der Waals surface area (Å²) in [5.41, 5.74) is 0.565. The van der Waals surface area contributed by atoms with Gasteiger partial charge in [0, 0.05) is 6.92 Å². The highest BCUT2D eigenvalue weighted by Crippen LogP contribution is 2.09. The van der Waals surface area contributed by atoms with Crippen LogP contribution in [0.4, 0.5) is 0 Å². The molecule has 1 atom stereocenters. The number of esters is 2. The van der Waals surface area contributed by atoms with Gasteiger partial charge in [-0.15, -0.1) is 0 Å². The van der Waals surface area contributed by atoms with Gasteiger partial charge in [-0.2, -0.15) is 0 Å². The van der Waals surface area contributed by atoms with E-state index in [-0.39, 0.29) is 11.9 Å². The Morgan fingerprint density at radius 2 is 1.63 bits per heavy atom. The quantitative estimate of drug-likeness (QED) is 0.711. The predicted octanol–water partition coefficient (Wildman–Crippen LogP) is 2.82. The summed E-state index contributed by atoms with van der Waals surface area (Å²) in [6, 6.07) is 8.92. The van der Waals surface area contributed by atoms with Gasteiger partial charge in [-0.05, 0) is 30.9 Å². The van der Waals surface area contributed by atoms with Crippen molar-refractivity contribution in [2.45, 2.75) is 26.7 Å². The fourth-order valence-electron chi connectivity index (χ4n) is 1.56. The molecule has 1 aromatic rings. The van der Waals surface area contributed by atoms with Crippen molar-refractivity contribution in [2.75, 3.05) is 13.2 Å². The van der Waals surface area contributed by atoms with Crippen molar-refractivity contribution in [1.29, 1.82) is 0 Å². The molecule has 19 heavy (non-hydrogen) atoms. The Morgan fingerprint density at radius 3 is 2.21 bits per heavy atom. The first-order valence-electron chi connectivity index (χ1n) is 6.45. The highest BCUT2D eigenvalue weighted by molar-refractivity contribution is 5.89. The Morgan fingerprint density at radius 1 is 1.05 bits per heavy atom. The number of carbonyl (C=O) groups is 2. The number of ether oxygens (including phenoxy) is 2. The number of rotatable bonds is 7. The Hall–Kier alpha value is -1.84. The molecular weight excluding hydrogens is 244 g/mol. The van der Waals surface area contributed by atoms with Crippen LogP contribution in [0.1, 0.15) is 37.0 Å². The third-order valence-corrected chi connectivity index (χ3v) is 2.77. The van der Waals surface area contributed by atoms with Gasteiger partial charge in [-0.3, -0.25) is 4.79 Å². The number of carbonyl (C=O) groups excluding carboxylic acids is 2. The summed E-state index contributed by atoms with van der Waals surface area (Å²) in [5.74, 6) is -0.210. The summed E-state index contributed by atoms with van der Waals surface area (Å²) in [4.78, 5) is 22.2. The smallest absolute Gasteiger partial charge is 0.338 e. The van der Waals surface area contributed by atoms with Gasteiger partial charge in [0.2, 0.25) is 0 Å². The average Bonchev–Trinajstić information content (AvgIpc) is 2.39. The van der Waals surface area contributed by atoms with Crippen LogP contribution in [0.2, 0.25) is 0 Å². The van der Waals surface area contributed by atoms with Gasteiger partial charge in [-0.25, -0.2) is 4.79 Å². The first kappa shape index (κ1) is 15.2. The van der Waals surface area contributed by atoms with Crippen molar-refractivity contribution < 1.29 is 19.1 Å². The molecule has 4 nitrogen and oxygen atoms in total. The predicted molar refractivity (Wildman–Crippen MR) is 71.8 cm³/mol. The van der Waals surface area contributed by atoms with Gasteiger partial charge >= 0.3 is 11.9 Å². The minimum Gasteiger partial charge on any atom is -0.466 e. The zero-order valence-corrected chi connectivity index (χ0v) is 11.4. The molecule has 0 heterocycles. The van der Waals surface area contributed by atoms with Gasteiger partial charge in [-0.1, -0.05) is 25.1 Å². The van der Waals surface area contributed by atoms with Crippen LogP contribution in [0, 0.1) is 5.92 Å². The molecule has 0 saturated carbocycles. The normalized spacial score (nSPS) is 11.7. The summed E-state index contributed by atoms with van der Waals surface area (Å²) in [6.07, 6.45) is 1.54. The summed E-state index contributed by atoms with van der Waals surface area (Å²) in [6.45, 7) is 4.24. The van der Waals surface area contributed by atoms with E-state index in [1.165, 1.54) is 6.92 Å². The second kappa shape index (κ2) is 8.29. The second-order valence-corrected chi connectivity index (χ2v) is 4.52. The second-order valence-electron chi connectivity index (χ2n) is 4.52. The summed E-state index contributed by atoms with van der Waals surface area (Å²) in [5, 5.41) is 0. The van der Waals surface area contributed by atoms with Crippen molar-refractivity contribution in [2.24, 2.45) is 5.92 Å². The SMILES string of the molecule is CC(=O)OCCC(C)CCOC(=O)c1ccccc1. The third-order valence-electron chi connectivity index (χ3n) is 2.77. The molecule has 104 valence electrons. The molecule has 0 spiro atoms. The topological polar surface area (TPSA) is 52.6 Å². The Kier molecular flexibility index (Phi) is 6.64. The lowest BCUT2D eigenvalue weighted by Crippen LogP contribution is -2.11. The lowest BCUT2D eigenvalue weighted by atomic mass is 10.1. The van der Waals surface area contributed by atoms with E-state index in [1.54, 1.807) is 24.3 Å². The largest absolute Gasteiger partial charge is 0.466 e. The minimum atomic E-state index is -0.298. The number of hydrogen-bond donors (Lipinski definition) is 0. The van der Waals surface area contributed by atoms with E-state index in [4.69, 9.17) is 9.47 Å². The van der Waals surface area contributed by atoms with Crippen molar-refractivity contribution >= 4 is 11.9 Å². The Bertz CT molecular complexity index is 400. The van der Waals surface area contributed by atoms with Crippen molar-refractivity contribution in [1.82, 2.24) is 0 Å². The van der Waals surface area contributed by atoms with Crippen molar-refractivity contribution in [3.63, 3.8) is 0 Å². The third kappa shape index (κ3) is 6.60. The van der Waals surface area contributed by atoms with Crippen LogP contribution >= 0.6 is 0 Å². The van der Waals surface area contributed by atoms with Gasteiger partial charge in [0.05, 0.1) is 18.8 Å². The van der Waals surface area contributed by atoms with Gasteiger partial charge < -0.3 is 9.47 Å². The average molecular weight is 264 g/mol. The molecule has 0 fully saturated rings. The number of benzene rings is 1. The van der Waals surface area contributed by atoms with Gasteiger partial charge in [0.1, 0.15) is 0 Å². The van der Waals surface area contributed by atoms with E-state index < -0.39 is 0 Å². The summed E-state index contributed by atoms with van der Waals surface area (Å²) < 4.78 is 10.0. The molecule has 0 aliphatic heterocycles. The summed E-state index contributed by atoms with van der Waals surface area (Å²) in [7, 11) is 0. The summed E-state index contributed by atoms with van der Waals surface area (Å²) >= 11 is 0. The van der Waals surface area contributed by atoms with Gasteiger partial charge in [0.25, 0.3) is 0 Å². The molecule has 0 aliphatic rings. The lowest BCUT2D eigenvalue weighted by molar-refractivity contribution is -0.141. The van der Waals surface area contributed by atoms with Crippen LogP contribution in [0.25, 0.3) is 0 Å². The monoisotopic (exact) mass is 264 g/mol. The highest BCUT2D eigenvalue weighted by atomic mass is 16.5. The molecule has 0 radical (unpaired) electrons. The van der Waals surface area contributed by atoms with Crippen LogP contribution in [0.3, 0.4) is 0 Å². The Balaban J connectivity index is 2.16. The van der Waals surface area contributed by atoms with E-state index >= 15 is 0 Å². The number of hydrogen-bond acceptors (Lipinski definition) is 4. The van der Waals surface area contributed by atoms with Crippen molar-refractivity contribution in [3.8, 4) is 0 Å².